The molecule has 27 heavy (non-hydrogen) atoms. The van der Waals surface area contributed by atoms with E-state index in [2.05, 4.69) is 12.2 Å². The Hall–Kier alpha value is -2.82. The monoisotopic (exact) mass is 369 g/mol. The number of benzene rings is 2. The summed E-state index contributed by atoms with van der Waals surface area (Å²) in [5.41, 5.74) is 4.23. The minimum Gasteiger partial charge on any atom is -0.494 e. The van der Waals surface area contributed by atoms with Crippen molar-refractivity contribution in [3.8, 4) is 5.75 Å². The average Bonchev–Trinajstić information content (AvgIpc) is 2.63. The lowest BCUT2D eigenvalue weighted by atomic mass is 10.1. The number of ether oxygens (including phenoxy) is 2. The summed E-state index contributed by atoms with van der Waals surface area (Å²) in [6, 6.07) is 10.7. The van der Waals surface area contributed by atoms with Crippen molar-refractivity contribution in [2.24, 2.45) is 0 Å². The minimum atomic E-state index is -0.539. The number of rotatable bonds is 8. The predicted molar refractivity (Wildman–Crippen MR) is 106 cm³/mol. The highest BCUT2D eigenvalue weighted by atomic mass is 16.5. The fraction of sp³-hybridized carbons (Fsp3) is 0.364. The Morgan fingerprint density at radius 2 is 1.63 bits per heavy atom. The lowest BCUT2D eigenvalue weighted by Crippen LogP contribution is -2.22. The van der Waals surface area contributed by atoms with E-state index < -0.39 is 5.97 Å². The first-order valence-electron chi connectivity index (χ1n) is 9.18. The van der Waals surface area contributed by atoms with Crippen LogP contribution in [0.2, 0.25) is 0 Å². The third-order valence-electron chi connectivity index (χ3n) is 4.13. The van der Waals surface area contributed by atoms with Crippen LogP contribution in [0, 0.1) is 20.8 Å². The molecular weight excluding hydrogens is 342 g/mol. The van der Waals surface area contributed by atoms with Crippen molar-refractivity contribution in [2.45, 2.75) is 40.5 Å². The second-order valence-electron chi connectivity index (χ2n) is 6.62. The van der Waals surface area contributed by atoms with Gasteiger partial charge in [-0.3, -0.25) is 4.79 Å². The van der Waals surface area contributed by atoms with Gasteiger partial charge in [-0.25, -0.2) is 4.79 Å². The molecule has 5 heteroatoms. The van der Waals surface area contributed by atoms with Crippen LogP contribution in [0.4, 0.5) is 5.69 Å². The van der Waals surface area contributed by atoms with Gasteiger partial charge in [0, 0.05) is 5.69 Å². The maximum Gasteiger partial charge on any atom is 0.338 e. The van der Waals surface area contributed by atoms with Gasteiger partial charge in [0.25, 0.3) is 5.91 Å². The van der Waals surface area contributed by atoms with Gasteiger partial charge < -0.3 is 14.8 Å². The van der Waals surface area contributed by atoms with Crippen molar-refractivity contribution >= 4 is 17.6 Å². The summed E-state index contributed by atoms with van der Waals surface area (Å²) in [5, 5.41) is 2.81. The van der Waals surface area contributed by atoms with Gasteiger partial charge >= 0.3 is 5.97 Å². The Kier molecular flexibility index (Phi) is 7.41. The molecule has 0 saturated carbocycles. The molecule has 0 spiro atoms. The Morgan fingerprint density at radius 1 is 1.00 bits per heavy atom. The summed E-state index contributed by atoms with van der Waals surface area (Å²) in [4.78, 5) is 24.2. The fourth-order valence-electron chi connectivity index (χ4n) is 2.79. The Labute approximate surface area is 160 Å². The molecule has 0 heterocycles. The quantitative estimate of drug-likeness (QED) is 0.546. The SMILES string of the molecule is CCCCOc1ccc(C(=O)OCC(=O)Nc2c(C)cc(C)cc2C)cc1. The first kappa shape index (κ1) is 20.5. The van der Waals surface area contributed by atoms with Gasteiger partial charge in [0.2, 0.25) is 0 Å². The van der Waals surface area contributed by atoms with Gasteiger partial charge in [-0.1, -0.05) is 31.0 Å². The molecule has 0 aliphatic heterocycles. The van der Waals surface area contributed by atoms with E-state index in [1.165, 1.54) is 0 Å². The highest BCUT2D eigenvalue weighted by molar-refractivity contribution is 5.96. The number of carbonyl (C=O) groups is 2. The van der Waals surface area contributed by atoms with E-state index >= 15 is 0 Å². The second kappa shape index (κ2) is 9.76. The first-order valence-corrected chi connectivity index (χ1v) is 9.18. The third-order valence-corrected chi connectivity index (χ3v) is 4.13. The van der Waals surface area contributed by atoms with Crippen LogP contribution in [-0.2, 0) is 9.53 Å². The van der Waals surface area contributed by atoms with Crippen LogP contribution in [0.25, 0.3) is 0 Å². The molecule has 0 saturated heterocycles. The summed E-state index contributed by atoms with van der Waals surface area (Å²) in [7, 11) is 0. The smallest absolute Gasteiger partial charge is 0.338 e. The number of carbonyl (C=O) groups excluding carboxylic acids is 2. The lowest BCUT2D eigenvalue weighted by molar-refractivity contribution is -0.119. The summed E-state index contributed by atoms with van der Waals surface area (Å²) in [6.07, 6.45) is 2.05. The number of unbranched alkanes of at least 4 members (excludes halogenated alkanes) is 1. The normalized spacial score (nSPS) is 10.4. The maximum atomic E-state index is 12.1. The van der Waals surface area contributed by atoms with Crippen LogP contribution in [0.15, 0.2) is 36.4 Å². The molecule has 1 N–H and O–H groups in total. The van der Waals surface area contributed by atoms with E-state index in [0.717, 1.165) is 35.2 Å². The molecule has 2 rings (SSSR count). The number of esters is 1. The number of anilines is 1. The average molecular weight is 369 g/mol. The minimum absolute atomic E-state index is 0.333. The summed E-state index contributed by atoms with van der Waals surface area (Å²) in [6.45, 7) is 8.30. The van der Waals surface area contributed by atoms with E-state index in [-0.39, 0.29) is 12.5 Å². The van der Waals surface area contributed by atoms with Crippen LogP contribution in [-0.4, -0.2) is 25.1 Å². The van der Waals surface area contributed by atoms with E-state index in [0.29, 0.717) is 17.9 Å². The molecule has 0 radical (unpaired) electrons. The van der Waals surface area contributed by atoms with Gasteiger partial charge in [-0.2, -0.15) is 0 Å². The van der Waals surface area contributed by atoms with Crippen LogP contribution < -0.4 is 10.1 Å². The van der Waals surface area contributed by atoms with Gasteiger partial charge in [0.05, 0.1) is 12.2 Å². The molecule has 144 valence electrons. The molecule has 0 aliphatic rings. The summed E-state index contributed by atoms with van der Waals surface area (Å²) in [5.74, 6) is -0.191. The molecule has 0 aromatic heterocycles. The van der Waals surface area contributed by atoms with Crippen LogP contribution in [0.1, 0.15) is 46.8 Å². The molecule has 0 unspecified atom stereocenters. The second-order valence-corrected chi connectivity index (χ2v) is 6.62. The van der Waals surface area contributed by atoms with Crippen LogP contribution in [0.5, 0.6) is 5.75 Å². The number of nitrogens with one attached hydrogen (secondary N) is 1. The van der Waals surface area contributed by atoms with Crippen molar-refractivity contribution in [3.05, 3.63) is 58.7 Å². The highest BCUT2D eigenvalue weighted by Gasteiger charge is 2.12. The lowest BCUT2D eigenvalue weighted by Gasteiger charge is -2.13. The molecule has 0 bridgehead atoms. The Balaban J connectivity index is 1.87. The van der Waals surface area contributed by atoms with Crippen LogP contribution in [0.3, 0.4) is 0 Å². The van der Waals surface area contributed by atoms with Gasteiger partial charge in [-0.05, 0) is 62.6 Å². The fourth-order valence-corrected chi connectivity index (χ4v) is 2.79. The Bertz CT molecular complexity index is 773. The zero-order valence-electron chi connectivity index (χ0n) is 16.4. The van der Waals surface area contributed by atoms with Crippen LogP contribution >= 0.6 is 0 Å². The van der Waals surface area contributed by atoms with Crippen molar-refractivity contribution in [1.82, 2.24) is 0 Å². The Morgan fingerprint density at radius 3 is 2.22 bits per heavy atom. The first-order chi connectivity index (χ1) is 12.9. The van der Waals surface area contributed by atoms with E-state index in [4.69, 9.17) is 9.47 Å². The maximum absolute atomic E-state index is 12.1. The molecule has 2 aromatic rings. The van der Waals surface area contributed by atoms with Crippen molar-refractivity contribution in [1.29, 1.82) is 0 Å². The number of hydrogen-bond acceptors (Lipinski definition) is 4. The molecule has 2 aromatic carbocycles. The van der Waals surface area contributed by atoms with Crippen molar-refractivity contribution < 1.29 is 19.1 Å². The highest BCUT2D eigenvalue weighted by Crippen LogP contribution is 2.21. The summed E-state index contributed by atoms with van der Waals surface area (Å²) >= 11 is 0. The standard InChI is InChI=1S/C22H27NO4/c1-5-6-11-26-19-9-7-18(8-10-19)22(25)27-14-20(24)23-21-16(3)12-15(2)13-17(21)4/h7-10,12-13H,5-6,11,14H2,1-4H3,(H,23,24). The molecule has 0 fully saturated rings. The zero-order chi connectivity index (χ0) is 19.8. The number of aryl methyl sites for hydroxylation is 3. The van der Waals surface area contributed by atoms with Gasteiger partial charge in [-0.15, -0.1) is 0 Å². The molecule has 0 atom stereocenters. The molecular formula is C22H27NO4. The third kappa shape index (κ3) is 6.13. The van der Waals surface area contributed by atoms with Crippen molar-refractivity contribution in [3.63, 3.8) is 0 Å². The molecule has 5 nitrogen and oxygen atoms in total. The number of amides is 1. The zero-order valence-corrected chi connectivity index (χ0v) is 16.4. The van der Waals surface area contributed by atoms with E-state index in [1.54, 1.807) is 24.3 Å². The van der Waals surface area contributed by atoms with Crippen molar-refractivity contribution in [2.75, 3.05) is 18.5 Å². The molecule has 1 amide bonds. The van der Waals surface area contributed by atoms with E-state index in [9.17, 15) is 9.59 Å². The molecule has 0 aliphatic carbocycles. The van der Waals surface area contributed by atoms with E-state index in [1.807, 2.05) is 32.9 Å². The predicted octanol–water partition coefficient (Wildman–Crippen LogP) is 4.59. The number of hydrogen-bond donors (Lipinski definition) is 1. The summed E-state index contributed by atoms with van der Waals surface area (Å²) < 4.78 is 10.7. The van der Waals surface area contributed by atoms with Gasteiger partial charge in [0.1, 0.15) is 5.75 Å². The largest absolute Gasteiger partial charge is 0.494 e. The topological polar surface area (TPSA) is 64.6 Å². The van der Waals surface area contributed by atoms with Gasteiger partial charge in [0.15, 0.2) is 6.61 Å².